The van der Waals surface area contributed by atoms with E-state index in [1.165, 1.54) is 26.1 Å². The van der Waals surface area contributed by atoms with Crippen molar-refractivity contribution in [3.63, 3.8) is 0 Å². The second-order valence-corrected chi connectivity index (χ2v) is 4.50. The maximum Gasteiger partial charge on any atom is 0.339 e. The first-order valence-electron chi connectivity index (χ1n) is 5.29. The van der Waals surface area contributed by atoms with Gasteiger partial charge in [0, 0.05) is 11.6 Å². The molecule has 0 amide bonds. The van der Waals surface area contributed by atoms with Crippen molar-refractivity contribution >= 4 is 5.97 Å². The monoisotopic (exact) mass is 221 g/mol. The van der Waals surface area contributed by atoms with Gasteiger partial charge in [-0.15, -0.1) is 0 Å². The van der Waals surface area contributed by atoms with Crippen molar-refractivity contribution in [3.05, 3.63) is 24.0 Å². The molecule has 1 fully saturated rings. The fourth-order valence-electron chi connectivity index (χ4n) is 1.34. The van der Waals surface area contributed by atoms with Crippen LogP contribution in [0.2, 0.25) is 0 Å². The predicted molar refractivity (Wildman–Crippen MR) is 58.4 cm³/mol. The number of carbonyl (C=O) groups excluding carboxylic acids is 1. The van der Waals surface area contributed by atoms with Gasteiger partial charge < -0.3 is 9.47 Å². The summed E-state index contributed by atoms with van der Waals surface area (Å²) in [6, 6.07) is 1.66. The second kappa shape index (κ2) is 4.12. The van der Waals surface area contributed by atoms with E-state index in [9.17, 15) is 4.79 Å². The Hall–Kier alpha value is -1.58. The van der Waals surface area contributed by atoms with Gasteiger partial charge in [0.1, 0.15) is 5.75 Å². The lowest BCUT2D eigenvalue weighted by Gasteiger charge is -2.10. The summed E-state index contributed by atoms with van der Waals surface area (Å²) >= 11 is 0. The van der Waals surface area contributed by atoms with Crippen LogP contribution in [0.4, 0.5) is 0 Å². The minimum atomic E-state index is -0.393. The molecule has 4 nitrogen and oxygen atoms in total. The average molecular weight is 221 g/mol. The molecule has 1 aliphatic rings. The van der Waals surface area contributed by atoms with E-state index in [0.29, 0.717) is 23.3 Å². The lowest BCUT2D eigenvalue weighted by molar-refractivity contribution is 0.0599. The number of aromatic nitrogens is 1. The molecule has 0 atom stereocenters. The number of methoxy groups -OCH3 is 1. The van der Waals surface area contributed by atoms with Gasteiger partial charge >= 0.3 is 5.97 Å². The minimum absolute atomic E-state index is 0.321. The van der Waals surface area contributed by atoms with Gasteiger partial charge in [0.05, 0.1) is 25.5 Å². The Labute approximate surface area is 94.6 Å². The van der Waals surface area contributed by atoms with Crippen molar-refractivity contribution in [2.45, 2.75) is 19.8 Å². The van der Waals surface area contributed by atoms with Crippen molar-refractivity contribution in [1.82, 2.24) is 4.98 Å². The van der Waals surface area contributed by atoms with E-state index in [2.05, 4.69) is 16.6 Å². The molecule has 2 rings (SSSR count). The molecule has 1 aromatic heterocycles. The van der Waals surface area contributed by atoms with Crippen molar-refractivity contribution in [3.8, 4) is 5.75 Å². The van der Waals surface area contributed by atoms with Gasteiger partial charge in [-0.1, -0.05) is 6.92 Å². The zero-order valence-electron chi connectivity index (χ0n) is 9.53. The van der Waals surface area contributed by atoms with E-state index in [4.69, 9.17) is 4.74 Å². The molecule has 0 bridgehead atoms. The van der Waals surface area contributed by atoms with Gasteiger partial charge in [0.15, 0.2) is 0 Å². The highest BCUT2D eigenvalue weighted by Crippen LogP contribution is 2.45. The molecule has 0 aliphatic heterocycles. The summed E-state index contributed by atoms with van der Waals surface area (Å²) < 4.78 is 10.2. The third-order valence-electron chi connectivity index (χ3n) is 2.83. The van der Waals surface area contributed by atoms with E-state index in [1.807, 2.05) is 0 Å². The lowest BCUT2D eigenvalue weighted by atomic mass is 10.2. The number of carbonyl (C=O) groups is 1. The van der Waals surface area contributed by atoms with Crippen molar-refractivity contribution in [2.75, 3.05) is 13.7 Å². The first-order valence-corrected chi connectivity index (χ1v) is 5.29. The number of hydrogen-bond acceptors (Lipinski definition) is 4. The van der Waals surface area contributed by atoms with Crippen LogP contribution >= 0.6 is 0 Å². The maximum absolute atomic E-state index is 11.3. The second-order valence-electron chi connectivity index (χ2n) is 4.50. The molecule has 0 N–H and O–H groups in total. The van der Waals surface area contributed by atoms with Gasteiger partial charge in [-0.25, -0.2) is 4.79 Å². The summed E-state index contributed by atoms with van der Waals surface area (Å²) in [7, 11) is 1.35. The molecule has 86 valence electrons. The van der Waals surface area contributed by atoms with Crippen LogP contribution in [0, 0.1) is 5.41 Å². The molecule has 0 unspecified atom stereocenters. The average Bonchev–Trinajstić information content (AvgIpc) is 3.05. The third kappa shape index (κ3) is 2.51. The van der Waals surface area contributed by atoms with Crippen LogP contribution < -0.4 is 4.74 Å². The highest BCUT2D eigenvalue weighted by molar-refractivity contribution is 5.89. The third-order valence-corrected chi connectivity index (χ3v) is 2.83. The predicted octanol–water partition coefficient (Wildman–Crippen LogP) is 2.05. The molecule has 1 heterocycles. The summed E-state index contributed by atoms with van der Waals surface area (Å²) in [5, 5.41) is 0. The van der Waals surface area contributed by atoms with E-state index >= 15 is 0 Å². The SMILES string of the molecule is COC(=O)c1cncc(OCC2(C)CC2)c1. The molecule has 0 radical (unpaired) electrons. The number of rotatable bonds is 4. The highest BCUT2D eigenvalue weighted by atomic mass is 16.5. The number of ether oxygens (including phenoxy) is 2. The molecule has 0 spiro atoms. The van der Waals surface area contributed by atoms with E-state index in [-0.39, 0.29) is 0 Å². The summed E-state index contributed by atoms with van der Waals surface area (Å²) in [6.45, 7) is 2.86. The topological polar surface area (TPSA) is 48.4 Å². The summed E-state index contributed by atoms with van der Waals surface area (Å²) in [4.78, 5) is 15.2. The van der Waals surface area contributed by atoms with Gasteiger partial charge in [-0.3, -0.25) is 4.98 Å². The van der Waals surface area contributed by atoms with Crippen LogP contribution in [0.5, 0.6) is 5.75 Å². The Morgan fingerprint density at radius 2 is 2.25 bits per heavy atom. The molecule has 4 heteroatoms. The van der Waals surface area contributed by atoms with E-state index in [1.54, 1.807) is 12.3 Å². The highest BCUT2D eigenvalue weighted by Gasteiger charge is 2.38. The van der Waals surface area contributed by atoms with Crippen molar-refractivity contribution in [1.29, 1.82) is 0 Å². The Kier molecular flexibility index (Phi) is 2.81. The molecular formula is C12H15NO3. The fourth-order valence-corrected chi connectivity index (χ4v) is 1.34. The van der Waals surface area contributed by atoms with Gasteiger partial charge in [0.2, 0.25) is 0 Å². The van der Waals surface area contributed by atoms with Crippen LogP contribution in [0.15, 0.2) is 18.5 Å². The van der Waals surface area contributed by atoms with Crippen LogP contribution in [0.1, 0.15) is 30.1 Å². The molecule has 1 aliphatic carbocycles. The summed E-state index contributed by atoms with van der Waals surface area (Å²) in [5.41, 5.74) is 0.738. The van der Waals surface area contributed by atoms with E-state index < -0.39 is 5.97 Å². The summed E-state index contributed by atoms with van der Waals surface area (Å²) in [5.74, 6) is 0.228. The molecule has 16 heavy (non-hydrogen) atoms. The Bertz CT molecular complexity index is 399. The number of pyridine rings is 1. The number of hydrogen-bond donors (Lipinski definition) is 0. The Morgan fingerprint density at radius 3 is 2.88 bits per heavy atom. The van der Waals surface area contributed by atoms with Crippen molar-refractivity contribution < 1.29 is 14.3 Å². The largest absolute Gasteiger partial charge is 0.491 e. The normalized spacial score (nSPS) is 16.6. The van der Waals surface area contributed by atoms with Gasteiger partial charge in [-0.2, -0.15) is 0 Å². The van der Waals surface area contributed by atoms with Gasteiger partial charge in [0.25, 0.3) is 0 Å². The Balaban J connectivity index is 2.01. The molecule has 0 aromatic carbocycles. The first kappa shape index (κ1) is 10.9. The van der Waals surface area contributed by atoms with Crippen LogP contribution in [-0.4, -0.2) is 24.7 Å². The molecule has 0 saturated heterocycles. The Morgan fingerprint density at radius 1 is 1.50 bits per heavy atom. The first-order chi connectivity index (χ1) is 7.63. The van der Waals surface area contributed by atoms with Crippen LogP contribution in [0.25, 0.3) is 0 Å². The molecular weight excluding hydrogens is 206 g/mol. The lowest BCUT2D eigenvalue weighted by Crippen LogP contribution is -2.09. The van der Waals surface area contributed by atoms with E-state index in [0.717, 1.165) is 0 Å². The fraction of sp³-hybridized carbons (Fsp3) is 0.500. The maximum atomic E-state index is 11.3. The number of nitrogens with zero attached hydrogens (tertiary/aromatic N) is 1. The quantitative estimate of drug-likeness (QED) is 0.730. The summed E-state index contributed by atoms with van der Waals surface area (Å²) in [6.07, 6.45) is 5.49. The van der Waals surface area contributed by atoms with Crippen molar-refractivity contribution in [2.24, 2.45) is 5.41 Å². The zero-order chi connectivity index (χ0) is 11.6. The van der Waals surface area contributed by atoms with Gasteiger partial charge in [-0.05, 0) is 18.9 Å². The van der Waals surface area contributed by atoms with Crippen LogP contribution in [0.3, 0.4) is 0 Å². The zero-order valence-corrected chi connectivity index (χ0v) is 9.53. The number of esters is 1. The smallest absolute Gasteiger partial charge is 0.339 e. The molecule has 1 saturated carbocycles. The molecule has 1 aromatic rings. The standard InChI is InChI=1S/C12H15NO3/c1-12(3-4-12)8-16-10-5-9(6-13-7-10)11(14)15-2/h5-7H,3-4,8H2,1-2H3. The van der Waals surface area contributed by atoms with Crippen LogP contribution in [-0.2, 0) is 4.74 Å². The minimum Gasteiger partial charge on any atom is -0.491 e.